The van der Waals surface area contributed by atoms with Crippen molar-refractivity contribution in [2.45, 2.75) is 25.3 Å². The van der Waals surface area contributed by atoms with Crippen molar-refractivity contribution in [3.8, 4) is 0 Å². The van der Waals surface area contributed by atoms with Gasteiger partial charge in [-0.25, -0.2) is 8.78 Å². The Kier molecular flexibility index (Phi) is 2.28. The van der Waals surface area contributed by atoms with Gasteiger partial charge in [0.05, 0.1) is 5.69 Å². The van der Waals surface area contributed by atoms with Crippen LogP contribution in [0.2, 0.25) is 0 Å². The first-order chi connectivity index (χ1) is 8.16. The minimum atomic E-state index is -0.711. The van der Waals surface area contributed by atoms with Crippen molar-refractivity contribution < 1.29 is 13.6 Å². The molecule has 1 saturated heterocycles. The third-order valence-corrected chi connectivity index (χ3v) is 3.40. The van der Waals surface area contributed by atoms with Crippen molar-refractivity contribution in [2.24, 2.45) is 0 Å². The van der Waals surface area contributed by atoms with Gasteiger partial charge in [-0.3, -0.25) is 4.79 Å². The molecule has 1 atom stereocenters. The molecule has 17 heavy (non-hydrogen) atoms. The van der Waals surface area contributed by atoms with E-state index in [2.05, 4.69) is 5.32 Å². The second-order valence-corrected chi connectivity index (χ2v) is 4.48. The molecular formula is C12H12F2N2O. The largest absolute Gasteiger partial charge is 0.358 e. The van der Waals surface area contributed by atoms with Gasteiger partial charge in [0.25, 0.3) is 0 Å². The monoisotopic (exact) mass is 238 g/mol. The molecule has 2 aliphatic heterocycles. The summed E-state index contributed by atoms with van der Waals surface area (Å²) < 4.78 is 26.8. The molecule has 1 N–H and O–H groups in total. The Balaban J connectivity index is 2.13. The van der Waals surface area contributed by atoms with Gasteiger partial charge in [-0.1, -0.05) is 0 Å². The maximum Gasteiger partial charge on any atom is 0.247 e. The van der Waals surface area contributed by atoms with Gasteiger partial charge in [0.2, 0.25) is 5.91 Å². The van der Waals surface area contributed by atoms with Crippen LogP contribution in [-0.4, -0.2) is 18.5 Å². The molecule has 90 valence electrons. The number of nitrogens with one attached hydrogen (secondary N) is 1. The summed E-state index contributed by atoms with van der Waals surface area (Å²) >= 11 is 0. The normalized spacial score (nSPS) is 22.8. The number of rotatable bonds is 0. The number of carbonyl (C=O) groups excluding carboxylic acids is 1. The van der Waals surface area contributed by atoms with Crippen LogP contribution in [0.1, 0.15) is 19.3 Å². The van der Waals surface area contributed by atoms with Crippen LogP contribution < -0.4 is 10.2 Å². The molecule has 1 aromatic carbocycles. The average molecular weight is 238 g/mol. The molecule has 2 heterocycles. The molecule has 0 bridgehead atoms. The molecule has 0 aromatic heterocycles. The Morgan fingerprint density at radius 1 is 1.29 bits per heavy atom. The Morgan fingerprint density at radius 3 is 2.94 bits per heavy atom. The Labute approximate surface area is 97.4 Å². The molecule has 1 unspecified atom stereocenters. The molecule has 1 aromatic rings. The van der Waals surface area contributed by atoms with Crippen LogP contribution in [-0.2, 0) is 4.79 Å². The lowest BCUT2D eigenvalue weighted by Gasteiger charge is -2.41. The molecule has 0 saturated carbocycles. The van der Waals surface area contributed by atoms with Crippen molar-refractivity contribution in [1.29, 1.82) is 0 Å². The van der Waals surface area contributed by atoms with E-state index >= 15 is 0 Å². The van der Waals surface area contributed by atoms with Crippen molar-refractivity contribution in [3.05, 3.63) is 23.8 Å². The predicted octanol–water partition coefficient (Wildman–Crippen LogP) is 2.28. The highest BCUT2D eigenvalue weighted by atomic mass is 19.1. The van der Waals surface area contributed by atoms with Gasteiger partial charge in [-0.2, -0.15) is 0 Å². The molecule has 0 aliphatic carbocycles. The zero-order valence-electron chi connectivity index (χ0n) is 9.17. The van der Waals surface area contributed by atoms with Gasteiger partial charge in [-0.05, 0) is 25.3 Å². The van der Waals surface area contributed by atoms with E-state index in [1.165, 1.54) is 6.07 Å². The van der Waals surface area contributed by atoms with E-state index in [0.29, 0.717) is 12.2 Å². The maximum atomic E-state index is 13.6. The molecule has 2 aliphatic rings. The number of benzene rings is 1. The summed E-state index contributed by atoms with van der Waals surface area (Å²) in [5.74, 6) is -1.51. The van der Waals surface area contributed by atoms with Crippen LogP contribution in [0.15, 0.2) is 12.1 Å². The van der Waals surface area contributed by atoms with Crippen LogP contribution in [0.4, 0.5) is 20.2 Å². The number of anilines is 2. The number of halogens is 2. The van der Waals surface area contributed by atoms with E-state index in [9.17, 15) is 13.6 Å². The number of hydrogen-bond acceptors (Lipinski definition) is 2. The summed E-state index contributed by atoms with van der Waals surface area (Å²) in [6, 6.07) is 1.80. The SMILES string of the molecule is O=C1Nc2c(F)cc(F)cc2N2CCCCC12. The van der Waals surface area contributed by atoms with Gasteiger partial charge in [0, 0.05) is 12.6 Å². The van der Waals surface area contributed by atoms with E-state index in [0.717, 1.165) is 25.3 Å². The highest BCUT2D eigenvalue weighted by molar-refractivity contribution is 6.03. The maximum absolute atomic E-state index is 13.6. The van der Waals surface area contributed by atoms with Crippen molar-refractivity contribution >= 4 is 17.3 Å². The zero-order chi connectivity index (χ0) is 12.0. The second-order valence-electron chi connectivity index (χ2n) is 4.48. The first kappa shape index (κ1) is 10.5. The quantitative estimate of drug-likeness (QED) is 0.752. The van der Waals surface area contributed by atoms with Crippen LogP contribution >= 0.6 is 0 Å². The second kappa shape index (κ2) is 3.68. The first-order valence-electron chi connectivity index (χ1n) is 5.73. The summed E-state index contributed by atoms with van der Waals surface area (Å²) in [5, 5.41) is 2.53. The lowest BCUT2D eigenvalue weighted by molar-refractivity contribution is -0.118. The molecule has 0 radical (unpaired) electrons. The van der Waals surface area contributed by atoms with Gasteiger partial charge in [0.15, 0.2) is 5.82 Å². The number of amides is 1. The topological polar surface area (TPSA) is 32.3 Å². The first-order valence-corrected chi connectivity index (χ1v) is 5.73. The number of carbonyl (C=O) groups is 1. The van der Waals surface area contributed by atoms with Crippen LogP contribution in [0, 0.1) is 11.6 Å². The fraction of sp³-hybridized carbons (Fsp3) is 0.417. The van der Waals surface area contributed by atoms with E-state index < -0.39 is 11.6 Å². The Hall–Kier alpha value is -1.65. The van der Waals surface area contributed by atoms with Crippen LogP contribution in [0.5, 0.6) is 0 Å². The lowest BCUT2D eigenvalue weighted by Crippen LogP contribution is -2.50. The van der Waals surface area contributed by atoms with E-state index in [4.69, 9.17) is 0 Å². The fourth-order valence-electron chi connectivity index (χ4n) is 2.61. The average Bonchev–Trinajstić information content (AvgIpc) is 2.31. The van der Waals surface area contributed by atoms with Crippen molar-refractivity contribution in [1.82, 2.24) is 0 Å². The van der Waals surface area contributed by atoms with E-state index in [1.807, 2.05) is 4.90 Å². The molecule has 1 amide bonds. The highest BCUT2D eigenvalue weighted by Crippen LogP contribution is 2.37. The number of hydrogen-bond donors (Lipinski definition) is 1. The lowest BCUT2D eigenvalue weighted by atomic mass is 9.97. The molecule has 3 rings (SSSR count). The molecule has 0 spiro atoms. The minimum absolute atomic E-state index is 0.106. The molecule has 5 heteroatoms. The van der Waals surface area contributed by atoms with E-state index in [1.54, 1.807) is 0 Å². The molecular weight excluding hydrogens is 226 g/mol. The van der Waals surface area contributed by atoms with Gasteiger partial charge < -0.3 is 10.2 Å². The Morgan fingerprint density at radius 2 is 2.12 bits per heavy atom. The summed E-state index contributed by atoms with van der Waals surface area (Å²) in [7, 11) is 0. The van der Waals surface area contributed by atoms with Crippen LogP contribution in [0.3, 0.4) is 0 Å². The third kappa shape index (κ3) is 1.57. The third-order valence-electron chi connectivity index (χ3n) is 3.40. The fourth-order valence-corrected chi connectivity index (χ4v) is 2.61. The highest BCUT2D eigenvalue weighted by Gasteiger charge is 2.36. The van der Waals surface area contributed by atoms with Crippen molar-refractivity contribution in [2.75, 3.05) is 16.8 Å². The van der Waals surface area contributed by atoms with Crippen LogP contribution in [0.25, 0.3) is 0 Å². The molecule has 3 nitrogen and oxygen atoms in total. The zero-order valence-corrected chi connectivity index (χ0v) is 9.17. The number of fused-ring (bicyclic) bond motifs is 3. The standard InChI is InChI=1S/C12H12F2N2O/c13-7-5-8(14)11-10(6-7)16-4-2-1-3-9(16)12(17)15-11/h5-6,9H,1-4H2,(H,15,17). The summed E-state index contributed by atoms with van der Waals surface area (Å²) in [6.07, 6.45) is 2.66. The van der Waals surface area contributed by atoms with Gasteiger partial charge in [0.1, 0.15) is 17.5 Å². The van der Waals surface area contributed by atoms with Crippen molar-refractivity contribution in [3.63, 3.8) is 0 Å². The summed E-state index contributed by atoms with van der Waals surface area (Å²) in [5.41, 5.74) is 0.571. The Bertz CT molecular complexity index is 490. The molecule has 1 fully saturated rings. The predicted molar refractivity (Wildman–Crippen MR) is 60.0 cm³/mol. The summed E-state index contributed by atoms with van der Waals surface area (Å²) in [6.45, 7) is 0.675. The van der Waals surface area contributed by atoms with Gasteiger partial charge in [-0.15, -0.1) is 0 Å². The van der Waals surface area contributed by atoms with E-state index in [-0.39, 0.29) is 17.6 Å². The van der Waals surface area contributed by atoms with Gasteiger partial charge >= 0.3 is 0 Å². The number of nitrogens with zero attached hydrogens (tertiary/aromatic N) is 1. The smallest absolute Gasteiger partial charge is 0.247 e. The minimum Gasteiger partial charge on any atom is -0.358 e. The summed E-state index contributed by atoms with van der Waals surface area (Å²) in [4.78, 5) is 13.6. The number of piperidine rings is 1.